The molecule has 2 atom stereocenters. The van der Waals surface area contributed by atoms with Crippen LogP contribution in [0.5, 0.6) is 0 Å². The predicted molar refractivity (Wildman–Crippen MR) is 78.3 cm³/mol. The van der Waals surface area contributed by atoms with Crippen LogP contribution in [0.25, 0.3) is 0 Å². The van der Waals surface area contributed by atoms with E-state index in [1.165, 1.54) is 38.0 Å². The normalized spacial score (nSPS) is 26.0. The van der Waals surface area contributed by atoms with Gasteiger partial charge < -0.3 is 10.6 Å². The third-order valence-electron chi connectivity index (χ3n) is 4.44. The van der Waals surface area contributed by atoms with Crippen molar-refractivity contribution in [3.05, 3.63) is 24.0 Å². The van der Waals surface area contributed by atoms with Crippen molar-refractivity contribution in [3.63, 3.8) is 0 Å². The van der Waals surface area contributed by atoms with E-state index >= 15 is 0 Å². The van der Waals surface area contributed by atoms with Crippen molar-refractivity contribution in [2.75, 3.05) is 31.1 Å². The minimum atomic E-state index is 0.0178. The van der Waals surface area contributed by atoms with Gasteiger partial charge in [-0.15, -0.1) is 0 Å². The molecule has 2 N–H and O–H groups in total. The summed E-state index contributed by atoms with van der Waals surface area (Å²) in [7, 11) is 0. The maximum Gasteiger partial charge on any atom is 0.0569 e. The van der Waals surface area contributed by atoms with Crippen LogP contribution in [-0.2, 0) is 0 Å². The van der Waals surface area contributed by atoms with Crippen molar-refractivity contribution in [2.45, 2.75) is 38.3 Å². The molecule has 4 heteroatoms. The van der Waals surface area contributed by atoms with E-state index in [0.29, 0.717) is 0 Å². The maximum absolute atomic E-state index is 5.85. The molecule has 1 unspecified atom stereocenters. The van der Waals surface area contributed by atoms with Gasteiger partial charge in [-0.05, 0) is 38.4 Å². The zero-order chi connectivity index (χ0) is 13.2. The fourth-order valence-electron chi connectivity index (χ4n) is 3.24. The van der Waals surface area contributed by atoms with E-state index in [2.05, 4.69) is 26.9 Å². The molecule has 0 amide bonds. The third kappa shape index (κ3) is 2.74. The van der Waals surface area contributed by atoms with Crippen LogP contribution in [0, 0.1) is 0 Å². The van der Waals surface area contributed by atoms with Crippen molar-refractivity contribution in [2.24, 2.45) is 5.73 Å². The number of hydrogen-bond donors (Lipinski definition) is 1. The SMILES string of the molecule is C[C@@H](N)c1ccc(N2CCN3CCCCC3C2)cn1. The summed E-state index contributed by atoms with van der Waals surface area (Å²) in [6.07, 6.45) is 6.09. The Morgan fingerprint density at radius 1 is 1.26 bits per heavy atom. The molecule has 3 rings (SSSR count). The Hall–Kier alpha value is -1.13. The lowest BCUT2D eigenvalue weighted by molar-refractivity contribution is 0.133. The Morgan fingerprint density at radius 3 is 2.89 bits per heavy atom. The topological polar surface area (TPSA) is 45.4 Å². The monoisotopic (exact) mass is 260 g/mol. The summed E-state index contributed by atoms with van der Waals surface area (Å²) in [4.78, 5) is 9.61. The number of hydrogen-bond acceptors (Lipinski definition) is 4. The Balaban J connectivity index is 1.69. The molecule has 19 heavy (non-hydrogen) atoms. The molecule has 0 aromatic carbocycles. The van der Waals surface area contributed by atoms with Gasteiger partial charge in [0.05, 0.1) is 17.6 Å². The van der Waals surface area contributed by atoms with Crippen molar-refractivity contribution in [1.29, 1.82) is 0 Å². The first-order valence-corrected chi connectivity index (χ1v) is 7.44. The minimum Gasteiger partial charge on any atom is -0.367 e. The first-order valence-electron chi connectivity index (χ1n) is 7.44. The van der Waals surface area contributed by atoms with Gasteiger partial charge in [-0.1, -0.05) is 6.42 Å². The molecule has 3 heterocycles. The second kappa shape index (κ2) is 5.47. The quantitative estimate of drug-likeness (QED) is 0.880. The van der Waals surface area contributed by atoms with Crippen LogP contribution in [0.2, 0.25) is 0 Å². The zero-order valence-electron chi connectivity index (χ0n) is 11.8. The molecule has 2 aliphatic rings. The lowest BCUT2D eigenvalue weighted by Crippen LogP contribution is -2.54. The van der Waals surface area contributed by atoms with Gasteiger partial charge in [-0.25, -0.2) is 0 Å². The number of fused-ring (bicyclic) bond motifs is 1. The largest absolute Gasteiger partial charge is 0.367 e. The Kier molecular flexibility index (Phi) is 3.71. The Labute approximate surface area is 115 Å². The van der Waals surface area contributed by atoms with Crippen LogP contribution in [0.1, 0.15) is 37.9 Å². The fraction of sp³-hybridized carbons (Fsp3) is 0.667. The van der Waals surface area contributed by atoms with E-state index in [1.807, 2.05) is 13.1 Å². The number of nitrogens with two attached hydrogens (primary N) is 1. The van der Waals surface area contributed by atoms with Crippen molar-refractivity contribution in [3.8, 4) is 0 Å². The Bertz CT molecular complexity index is 415. The highest BCUT2D eigenvalue weighted by atomic mass is 15.3. The number of rotatable bonds is 2. The fourth-order valence-corrected chi connectivity index (χ4v) is 3.24. The third-order valence-corrected chi connectivity index (χ3v) is 4.44. The summed E-state index contributed by atoms with van der Waals surface area (Å²) in [5, 5.41) is 0. The van der Waals surface area contributed by atoms with Crippen LogP contribution in [0.15, 0.2) is 18.3 Å². The number of nitrogens with zero attached hydrogens (tertiary/aromatic N) is 3. The average molecular weight is 260 g/mol. The van der Waals surface area contributed by atoms with Crippen LogP contribution in [0.4, 0.5) is 5.69 Å². The molecular formula is C15H24N4. The van der Waals surface area contributed by atoms with E-state index in [4.69, 9.17) is 5.73 Å². The Morgan fingerprint density at radius 2 is 2.16 bits per heavy atom. The van der Waals surface area contributed by atoms with Crippen LogP contribution < -0.4 is 10.6 Å². The number of aromatic nitrogens is 1. The highest BCUT2D eigenvalue weighted by Gasteiger charge is 2.28. The van der Waals surface area contributed by atoms with Gasteiger partial charge in [-0.3, -0.25) is 9.88 Å². The number of piperidine rings is 1. The average Bonchev–Trinajstić information content (AvgIpc) is 2.47. The molecule has 0 spiro atoms. The van der Waals surface area contributed by atoms with E-state index in [0.717, 1.165) is 24.8 Å². The van der Waals surface area contributed by atoms with Gasteiger partial charge in [0.2, 0.25) is 0 Å². The lowest BCUT2D eigenvalue weighted by atomic mass is 9.99. The second-order valence-corrected chi connectivity index (χ2v) is 5.86. The van der Waals surface area contributed by atoms with Crippen molar-refractivity contribution in [1.82, 2.24) is 9.88 Å². The summed E-state index contributed by atoms with van der Waals surface area (Å²) in [6, 6.07) is 5.00. The highest BCUT2D eigenvalue weighted by Crippen LogP contribution is 2.24. The number of anilines is 1. The summed E-state index contributed by atoms with van der Waals surface area (Å²) in [6.45, 7) is 6.73. The molecular weight excluding hydrogens is 236 g/mol. The van der Waals surface area contributed by atoms with Crippen molar-refractivity contribution >= 4 is 5.69 Å². The molecule has 2 aliphatic heterocycles. The number of pyridine rings is 1. The minimum absolute atomic E-state index is 0.0178. The predicted octanol–water partition coefficient (Wildman–Crippen LogP) is 1.78. The molecule has 4 nitrogen and oxygen atoms in total. The second-order valence-electron chi connectivity index (χ2n) is 5.86. The molecule has 1 aromatic rings. The smallest absolute Gasteiger partial charge is 0.0569 e. The number of piperazine rings is 1. The molecule has 0 bridgehead atoms. The lowest BCUT2D eigenvalue weighted by Gasteiger charge is -2.44. The molecule has 0 saturated carbocycles. The standard InChI is InChI=1S/C15H24N4/c1-12(16)15-6-5-13(10-17-15)19-9-8-18-7-3-2-4-14(18)11-19/h5-6,10,12,14H,2-4,7-9,11,16H2,1H3/t12-,14?/m1/s1. The van der Waals surface area contributed by atoms with Gasteiger partial charge in [0.15, 0.2) is 0 Å². The highest BCUT2D eigenvalue weighted by molar-refractivity contribution is 5.45. The van der Waals surface area contributed by atoms with Gasteiger partial charge >= 0.3 is 0 Å². The molecule has 1 aromatic heterocycles. The summed E-state index contributed by atoms with van der Waals surface area (Å²) in [5.41, 5.74) is 8.06. The van der Waals surface area contributed by atoms with Gasteiger partial charge in [0.25, 0.3) is 0 Å². The van der Waals surface area contributed by atoms with E-state index in [-0.39, 0.29) is 6.04 Å². The van der Waals surface area contributed by atoms with E-state index in [9.17, 15) is 0 Å². The summed E-state index contributed by atoms with van der Waals surface area (Å²) >= 11 is 0. The maximum atomic E-state index is 5.85. The molecule has 0 radical (unpaired) electrons. The zero-order valence-corrected chi connectivity index (χ0v) is 11.8. The van der Waals surface area contributed by atoms with Crippen molar-refractivity contribution < 1.29 is 0 Å². The molecule has 2 saturated heterocycles. The molecule has 104 valence electrons. The summed E-state index contributed by atoms with van der Waals surface area (Å²) in [5.74, 6) is 0. The van der Waals surface area contributed by atoms with Gasteiger partial charge in [-0.2, -0.15) is 0 Å². The van der Waals surface area contributed by atoms with Crippen LogP contribution >= 0.6 is 0 Å². The van der Waals surface area contributed by atoms with Crippen LogP contribution in [-0.4, -0.2) is 42.1 Å². The molecule has 2 fully saturated rings. The van der Waals surface area contributed by atoms with E-state index < -0.39 is 0 Å². The summed E-state index contributed by atoms with van der Waals surface area (Å²) < 4.78 is 0. The molecule has 0 aliphatic carbocycles. The van der Waals surface area contributed by atoms with E-state index in [1.54, 1.807) is 0 Å². The van der Waals surface area contributed by atoms with Gasteiger partial charge in [0, 0.05) is 31.7 Å². The first-order chi connectivity index (χ1) is 9.24. The van der Waals surface area contributed by atoms with Gasteiger partial charge in [0.1, 0.15) is 0 Å². The van der Waals surface area contributed by atoms with Crippen LogP contribution in [0.3, 0.4) is 0 Å². The first kappa shape index (κ1) is 12.9.